The number of thiophene rings is 1. The minimum Gasteiger partial charge on any atom is -0.269 e. The van der Waals surface area contributed by atoms with E-state index in [1.54, 1.807) is 23.1 Å². The van der Waals surface area contributed by atoms with Gasteiger partial charge in [0.2, 0.25) is 0 Å². The van der Waals surface area contributed by atoms with Crippen LogP contribution in [0.5, 0.6) is 0 Å². The molecule has 1 amide bonds. The van der Waals surface area contributed by atoms with Crippen molar-refractivity contribution >= 4 is 49.3 Å². The number of nitrogens with zero attached hydrogens (tertiary/aromatic N) is 2. The summed E-state index contributed by atoms with van der Waals surface area (Å²) in [5.41, 5.74) is 1.56. The molecule has 0 saturated carbocycles. The Kier molecular flexibility index (Phi) is 5.16. The Morgan fingerprint density at radius 1 is 1.20 bits per heavy atom. The fourth-order valence-electron chi connectivity index (χ4n) is 1.98. The minimum absolute atomic E-state index is 0.0676. The molecule has 0 aliphatic carbocycles. The summed E-state index contributed by atoms with van der Waals surface area (Å²) in [4.78, 5) is 11.9. The zero-order valence-electron chi connectivity index (χ0n) is 12.7. The van der Waals surface area contributed by atoms with E-state index >= 15 is 0 Å². The van der Waals surface area contributed by atoms with Gasteiger partial charge in [-0.25, -0.2) is 17.8 Å². The summed E-state index contributed by atoms with van der Waals surface area (Å²) in [7, 11) is -3.86. The Balaban J connectivity index is 1.68. The van der Waals surface area contributed by atoms with Gasteiger partial charge in [-0.3, -0.25) is 4.79 Å². The van der Waals surface area contributed by atoms with Crippen LogP contribution in [0.15, 0.2) is 68.9 Å². The molecule has 1 N–H and O–H groups in total. The van der Waals surface area contributed by atoms with Crippen LogP contribution in [-0.2, 0) is 14.8 Å². The molecule has 0 unspecified atom stereocenters. The van der Waals surface area contributed by atoms with E-state index < -0.39 is 15.9 Å². The number of rotatable bonds is 5. The molecule has 0 radical (unpaired) electrons. The van der Waals surface area contributed by atoms with Gasteiger partial charge in [0.15, 0.2) is 0 Å². The number of hydrogen-bond acceptors (Lipinski definition) is 5. The molecule has 0 aliphatic rings. The quantitative estimate of drug-likeness (QED) is 0.621. The van der Waals surface area contributed by atoms with Crippen molar-refractivity contribution in [1.82, 2.24) is 14.5 Å². The summed E-state index contributed by atoms with van der Waals surface area (Å²) in [6, 6.07) is 12.5. The number of carbonyl (C=O) groups excluding carboxylic acids is 1. The second-order valence-electron chi connectivity index (χ2n) is 4.92. The number of benzene rings is 1. The monoisotopic (exact) mass is 437 g/mol. The Morgan fingerprint density at radius 2 is 1.96 bits per heavy atom. The molecular formula is C16H12BrN3O3S2. The molecule has 0 saturated heterocycles. The van der Waals surface area contributed by atoms with Gasteiger partial charge in [-0.15, -0.1) is 11.3 Å². The van der Waals surface area contributed by atoms with Crippen LogP contribution in [0.2, 0.25) is 0 Å². The van der Waals surface area contributed by atoms with Crippen LogP contribution in [0.1, 0.15) is 5.56 Å². The lowest BCUT2D eigenvalue weighted by Gasteiger charge is -2.01. The largest absolute Gasteiger partial charge is 0.273 e. The molecule has 2 aromatic heterocycles. The summed E-state index contributed by atoms with van der Waals surface area (Å²) in [6.45, 7) is 0. The Labute approximate surface area is 157 Å². The topological polar surface area (TPSA) is 81.1 Å². The van der Waals surface area contributed by atoms with Crippen molar-refractivity contribution in [2.75, 3.05) is 0 Å². The molecule has 1 aromatic carbocycles. The Bertz CT molecular complexity index is 1020. The van der Waals surface area contributed by atoms with E-state index in [2.05, 4.69) is 21.0 Å². The predicted octanol–water partition coefficient (Wildman–Crippen LogP) is 3.21. The van der Waals surface area contributed by atoms with Gasteiger partial charge in [0.05, 0.1) is 15.7 Å². The fraction of sp³-hybridized carbons (Fsp3) is 0. The average Bonchev–Trinajstić information content (AvgIpc) is 3.23. The molecule has 0 spiro atoms. The van der Waals surface area contributed by atoms with E-state index in [0.717, 1.165) is 23.1 Å². The first-order valence-corrected chi connectivity index (χ1v) is 10.1. The lowest BCUT2D eigenvalue weighted by Crippen LogP contribution is -2.28. The molecule has 9 heteroatoms. The summed E-state index contributed by atoms with van der Waals surface area (Å²) in [6.07, 6.45) is 5.99. The van der Waals surface area contributed by atoms with Crippen molar-refractivity contribution in [3.05, 3.63) is 70.3 Å². The number of carbonyl (C=O) groups is 1. The molecule has 128 valence electrons. The zero-order chi connectivity index (χ0) is 17.9. The Hall–Kier alpha value is -2.23. The molecule has 0 fully saturated rings. The number of halogens is 1. The van der Waals surface area contributed by atoms with Crippen LogP contribution in [0.3, 0.4) is 0 Å². The van der Waals surface area contributed by atoms with Gasteiger partial charge < -0.3 is 0 Å². The van der Waals surface area contributed by atoms with Crippen LogP contribution >= 0.6 is 27.3 Å². The van der Waals surface area contributed by atoms with E-state index in [4.69, 9.17) is 0 Å². The van der Waals surface area contributed by atoms with Crippen LogP contribution in [0, 0.1) is 0 Å². The maximum absolute atomic E-state index is 12.1. The molecule has 0 atom stereocenters. The summed E-state index contributed by atoms with van der Waals surface area (Å²) >= 11 is 4.22. The third kappa shape index (κ3) is 4.44. The maximum Gasteiger partial charge on any atom is 0.273 e. The maximum atomic E-state index is 12.1. The standard InChI is InChI=1S/C16H12BrN3O3S2/c17-14-7-9-16(24-14)25(22,23)19-15(21)8-6-12-10-18-20(11-12)13-4-2-1-3-5-13/h1-11H,(H,19,21). The fourth-order valence-corrected chi connectivity index (χ4v) is 4.93. The highest BCUT2D eigenvalue weighted by Gasteiger charge is 2.18. The molecule has 3 rings (SSSR count). The van der Waals surface area contributed by atoms with Crippen LogP contribution in [0.4, 0.5) is 0 Å². The molecule has 2 heterocycles. The summed E-state index contributed by atoms with van der Waals surface area (Å²) < 4.78 is 28.5. The average molecular weight is 438 g/mol. The smallest absolute Gasteiger partial charge is 0.269 e. The number of para-hydroxylation sites is 1. The SMILES string of the molecule is O=C(C=Cc1cnn(-c2ccccc2)c1)NS(=O)(=O)c1ccc(Br)s1. The lowest BCUT2D eigenvalue weighted by molar-refractivity contribution is -0.114. The molecule has 25 heavy (non-hydrogen) atoms. The van der Waals surface area contributed by atoms with Gasteiger partial charge in [0, 0.05) is 17.8 Å². The number of aromatic nitrogens is 2. The zero-order valence-corrected chi connectivity index (χ0v) is 15.9. The van der Waals surface area contributed by atoms with Crippen LogP contribution in [-0.4, -0.2) is 24.1 Å². The van der Waals surface area contributed by atoms with Gasteiger partial charge in [-0.05, 0) is 46.3 Å². The molecule has 0 aliphatic heterocycles. The second-order valence-corrected chi connectivity index (χ2v) is 9.29. The molecule has 3 aromatic rings. The minimum atomic E-state index is -3.86. The van der Waals surface area contributed by atoms with E-state index in [9.17, 15) is 13.2 Å². The van der Waals surface area contributed by atoms with Gasteiger partial charge in [-0.2, -0.15) is 5.10 Å². The first-order valence-electron chi connectivity index (χ1n) is 7.04. The first-order chi connectivity index (χ1) is 11.9. The predicted molar refractivity (Wildman–Crippen MR) is 99.9 cm³/mol. The lowest BCUT2D eigenvalue weighted by atomic mass is 10.3. The third-order valence-corrected chi connectivity index (χ3v) is 6.56. The van der Waals surface area contributed by atoms with E-state index in [0.29, 0.717) is 9.35 Å². The van der Waals surface area contributed by atoms with Crippen LogP contribution < -0.4 is 4.72 Å². The summed E-state index contributed by atoms with van der Waals surface area (Å²) in [5, 5.41) is 4.20. The highest BCUT2D eigenvalue weighted by atomic mass is 79.9. The van der Waals surface area contributed by atoms with Crippen molar-refractivity contribution in [2.24, 2.45) is 0 Å². The van der Waals surface area contributed by atoms with Crippen molar-refractivity contribution in [3.8, 4) is 5.69 Å². The van der Waals surface area contributed by atoms with Gasteiger partial charge >= 0.3 is 0 Å². The Morgan fingerprint density at radius 3 is 2.64 bits per heavy atom. The number of nitrogens with one attached hydrogen (secondary N) is 1. The van der Waals surface area contributed by atoms with E-state index in [1.807, 2.05) is 35.1 Å². The van der Waals surface area contributed by atoms with Crippen molar-refractivity contribution in [3.63, 3.8) is 0 Å². The normalized spacial score (nSPS) is 11.7. The number of amides is 1. The number of sulfonamides is 1. The van der Waals surface area contributed by atoms with E-state index in [-0.39, 0.29) is 4.21 Å². The van der Waals surface area contributed by atoms with Crippen LogP contribution in [0.25, 0.3) is 11.8 Å². The second kappa shape index (κ2) is 7.34. The van der Waals surface area contributed by atoms with Gasteiger partial charge in [0.25, 0.3) is 15.9 Å². The molecule has 0 bridgehead atoms. The van der Waals surface area contributed by atoms with Crippen molar-refractivity contribution in [1.29, 1.82) is 0 Å². The number of hydrogen-bond donors (Lipinski definition) is 1. The van der Waals surface area contributed by atoms with Crippen molar-refractivity contribution < 1.29 is 13.2 Å². The third-order valence-electron chi connectivity index (χ3n) is 3.10. The summed E-state index contributed by atoms with van der Waals surface area (Å²) in [5.74, 6) is -0.725. The van der Waals surface area contributed by atoms with E-state index in [1.165, 1.54) is 12.1 Å². The van der Waals surface area contributed by atoms with Gasteiger partial charge in [-0.1, -0.05) is 18.2 Å². The first kappa shape index (κ1) is 17.6. The highest BCUT2D eigenvalue weighted by molar-refractivity contribution is 9.11. The van der Waals surface area contributed by atoms with Crippen molar-refractivity contribution in [2.45, 2.75) is 4.21 Å². The van der Waals surface area contributed by atoms with Gasteiger partial charge in [0.1, 0.15) is 4.21 Å². The molecule has 6 nitrogen and oxygen atoms in total. The highest BCUT2D eigenvalue weighted by Crippen LogP contribution is 2.25. The molecular weight excluding hydrogens is 426 g/mol.